The Bertz CT molecular complexity index is 468. The molecule has 1 aliphatic carbocycles. The van der Waals surface area contributed by atoms with Gasteiger partial charge in [-0.2, -0.15) is 0 Å². The van der Waals surface area contributed by atoms with E-state index in [0.717, 1.165) is 42.7 Å². The summed E-state index contributed by atoms with van der Waals surface area (Å²) in [6.45, 7) is 4.22. The summed E-state index contributed by atoms with van der Waals surface area (Å²) in [4.78, 5) is 2.24. The maximum Gasteiger partial charge on any atom is 0.146 e. The van der Waals surface area contributed by atoms with Crippen LogP contribution in [0.5, 0.6) is 0 Å². The lowest BCUT2D eigenvalue weighted by Crippen LogP contribution is -2.22. The van der Waals surface area contributed by atoms with Gasteiger partial charge in [-0.05, 0) is 42.4 Å². The van der Waals surface area contributed by atoms with Gasteiger partial charge in [0.2, 0.25) is 0 Å². The number of hydrogen-bond donors (Lipinski definition) is 1. The van der Waals surface area contributed by atoms with Crippen molar-refractivity contribution in [3.8, 4) is 0 Å². The van der Waals surface area contributed by atoms with E-state index in [1.54, 1.807) is 13.2 Å². The normalized spacial score (nSPS) is 24.6. The largest absolute Gasteiger partial charge is 0.383 e. The van der Waals surface area contributed by atoms with E-state index in [1.807, 2.05) is 12.1 Å². The molecule has 0 radical (unpaired) electrons. The van der Waals surface area contributed by atoms with Crippen LogP contribution in [0, 0.1) is 17.7 Å². The molecule has 2 unspecified atom stereocenters. The average molecular weight is 292 g/mol. The highest BCUT2D eigenvalue weighted by Crippen LogP contribution is 2.40. The molecule has 3 nitrogen and oxygen atoms in total. The van der Waals surface area contributed by atoms with Gasteiger partial charge in [-0.25, -0.2) is 4.39 Å². The minimum atomic E-state index is -0.0824. The van der Waals surface area contributed by atoms with Crippen molar-refractivity contribution < 1.29 is 9.13 Å². The van der Waals surface area contributed by atoms with Crippen LogP contribution < -0.4 is 10.2 Å². The molecule has 1 saturated carbocycles. The number of ether oxygens (including phenoxy) is 1. The Morgan fingerprint density at radius 1 is 1.29 bits per heavy atom. The maximum atomic E-state index is 14.4. The Kier molecular flexibility index (Phi) is 4.76. The van der Waals surface area contributed by atoms with Crippen LogP contribution >= 0.6 is 0 Å². The molecule has 2 atom stereocenters. The Hall–Kier alpha value is -1.13. The molecule has 4 heteroatoms. The standard InChI is InChI=1S/C17H25FN2O/c1-21-8-7-19-10-13-5-6-17(16(18)9-13)20-11-14-3-2-4-15(14)12-20/h5-6,9,14-15,19H,2-4,7-8,10-12H2,1H3. The van der Waals surface area contributed by atoms with E-state index in [9.17, 15) is 4.39 Å². The van der Waals surface area contributed by atoms with E-state index in [1.165, 1.54) is 19.3 Å². The van der Waals surface area contributed by atoms with Crippen molar-refractivity contribution >= 4 is 5.69 Å². The molecule has 3 rings (SSSR count). The maximum absolute atomic E-state index is 14.4. The zero-order chi connectivity index (χ0) is 14.7. The Morgan fingerprint density at radius 2 is 2.05 bits per heavy atom. The van der Waals surface area contributed by atoms with Crippen LogP contribution in [0.1, 0.15) is 24.8 Å². The number of anilines is 1. The van der Waals surface area contributed by atoms with Crippen molar-refractivity contribution in [1.29, 1.82) is 0 Å². The zero-order valence-electron chi connectivity index (χ0n) is 12.8. The summed E-state index contributed by atoms with van der Waals surface area (Å²) in [5, 5.41) is 3.25. The highest BCUT2D eigenvalue weighted by Gasteiger charge is 2.36. The first-order chi connectivity index (χ1) is 10.3. The summed E-state index contributed by atoms with van der Waals surface area (Å²) < 4.78 is 19.3. The van der Waals surface area contributed by atoms with Crippen LogP contribution in [-0.2, 0) is 11.3 Å². The van der Waals surface area contributed by atoms with Gasteiger partial charge < -0.3 is 15.0 Å². The van der Waals surface area contributed by atoms with Gasteiger partial charge in [0.05, 0.1) is 12.3 Å². The molecule has 1 saturated heterocycles. The molecule has 2 aliphatic rings. The molecule has 1 N–H and O–H groups in total. The highest BCUT2D eigenvalue weighted by atomic mass is 19.1. The second-order valence-corrected chi connectivity index (χ2v) is 6.31. The summed E-state index contributed by atoms with van der Waals surface area (Å²) in [5.41, 5.74) is 1.77. The summed E-state index contributed by atoms with van der Waals surface area (Å²) in [6, 6.07) is 5.65. The molecule has 2 fully saturated rings. The number of rotatable bonds is 6. The SMILES string of the molecule is COCCNCc1ccc(N2CC3CCCC3C2)c(F)c1. The summed E-state index contributed by atoms with van der Waals surface area (Å²) in [5.74, 6) is 1.50. The van der Waals surface area contributed by atoms with Crippen molar-refractivity contribution in [2.24, 2.45) is 11.8 Å². The molecule has 1 aromatic carbocycles. The molecular formula is C17H25FN2O. The molecule has 0 bridgehead atoms. The molecule has 116 valence electrons. The number of hydrogen-bond acceptors (Lipinski definition) is 3. The van der Waals surface area contributed by atoms with E-state index in [0.29, 0.717) is 13.2 Å². The van der Waals surface area contributed by atoms with Gasteiger partial charge >= 0.3 is 0 Å². The molecule has 1 heterocycles. The van der Waals surface area contributed by atoms with E-state index < -0.39 is 0 Å². The molecule has 0 aromatic heterocycles. The fraction of sp³-hybridized carbons (Fsp3) is 0.647. The average Bonchev–Trinajstić information content (AvgIpc) is 3.05. The number of methoxy groups -OCH3 is 1. The van der Waals surface area contributed by atoms with Crippen molar-refractivity contribution in [1.82, 2.24) is 5.32 Å². The lowest BCUT2D eigenvalue weighted by Gasteiger charge is -2.20. The van der Waals surface area contributed by atoms with E-state index in [4.69, 9.17) is 4.74 Å². The number of halogens is 1. The molecule has 1 aromatic rings. The molecule has 21 heavy (non-hydrogen) atoms. The fourth-order valence-corrected chi connectivity index (χ4v) is 3.76. The third-order valence-corrected chi connectivity index (χ3v) is 4.89. The number of benzene rings is 1. The van der Waals surface area contributed by atoms with E-state index in [-0.39, 0.29) is 5.82 Å². The van der Waals surface area contributed by atoms with Gasteiger partial charge in [-0.1, -0.05) is 12.5 Å². The minimum absolute atomic E-state index is 0.0824. The van der Waals surface area contributed by atoms with Crippen molar-refractivity contribution in [3.63, 3.8) is 0 Å². The summed E-state index contributed by atoms with van der Waals surface area (Å²) in [6.07, 6.45) is 4.01. The van der Waals surface area contributed by atoms with Crippen LogP contribution in [0.3, 0.4) is 0 Å². The minimum Gasteiger partial charge on any atom is -0.383 e. The summed E-state index contributed by atoms with van der Waals surface area (Å²) >= 11 is 0. The van der Waals surface area contributed by atoms with Gasteiger partial charge in [0, 0.05) is 33.3 Å². The van der Waals surface area contributed by atoms with E-state index in [2.05, 4.69) is 10.2 Å². The highest BCUT2D eigenvalue weighted by molar-refractivity contribution is 5.50. The lowest BCUT2D eigenvalue weighted by atomic mass is 10.0. The second-order valence-electron chi connectivity index (χ2n) is 6.31. The molecular weight excluding hydrogens is 267 g/mol. The zero-order valence-corrected chi connectivity index (χ0v) is 12.8. The topological polar surface area (TPSA) is 24.5 Å². The third-order valence-electron chi connectivity index (χ3n) is 4.89. The van der Waals surface area contributed by atoms with Crippen LogP contribution in [0.15, 0.2) is 18.2 Å². The smallest absolute Gasteiger partial charge is 0.146 e. The van der Waals surface area contributed by atoms with Crippen LogP contribution in [-0.4, -0.2) is 33.4 Å². The van der Waals surface area contributed by atoms with Gasteiger partial charge in [0.1, 0.15) is 5.82 Å². The monoisotopic (exact) mass is 292 g/mol. The van der Waals surface area contributed by atoms with Crippen LogP contribution in [0.2, 0.25) is 0 Å². The van der Waals surface area contributed by atoms with Gasteiger partial charge in [-0.15, -0.1) is 0 Å². The van der Waals surface area contributed by atoms with Gasteiger partial charge in [0.25, 0.3) is 0 Å². The first kappa shape index (κ1) is 14.8. The predicted molar refractivity (Wildman–Crippen MR) is 83.0 cm³/mol. The first-order valence-corrected chi connectivity index (χ1v) is 8.01. The summed E-state index contributed by atoms with van der Waals surface area (Å²) in [7, 11) is 1.68. The van der Waals surface area contributed by atoms with E-state index >= 15 is 0 Å². The molecule has 0 amide bonds. The first-order valence-electron chi connectivity index (χ1n) is 8.01. The number of nitrogens with zero attached hydrogens (tertiary/aromatic N) is 1. The fourth-order valence-electron chi connectivity index (χ4n) is 3.76. The number of fused-ring (bicyclic) bond motifs is 1. The predicted octanol–water partition coefficient (Wildman–Crippen LogP) is 2.80. The Labute approximate surface area is 126 Å². The molecule has 0 spiro atoms. The van der Waals surface area contributed by atoms with Gasteiger partial charge in [0.15, 0.2) is 0 Å². The quantitative estimate of drug-likeness (QED) is 0.816. The van der Waals surface area contributed by atoms with Crippen LogP contribution in [0.25, 0.3) is 0 Å². The van der Waals surface area contributed by atoms with Crippen molar-refractivity contribution in [2.45, 2.75) is 25.8 Å². The lowest BCUT2D eigenvalue weighted by molar-refractivity contribution is 0.199. The Balaban J connectivity index is 1.59. The van der Waals surface area contributed by atoms with Crippen molar-refractivity contribution in [2.75, 3.05) is 38.3 Å². The second kappa shape index (κ2) is 6.75. The Morgan fingerprint density at radius 3 is 2.71 bits per heavy atom. The van der Waals surface area contributed by atoms with Crippen molar-refractivity contribution in [3.05, 3.63) is 29.6 Å². The molecule has 1 aliphatic heterocycles. The third kappa shape index (κ3) is 3.38. The van der Waals surface area contributed by atoms with Gasteiger partial charge in [-0.3, -0.25) is 0 Å². The number of nitrogens with one attached hydrogen (secondary N) is 1. The van der Waals surface area contributed by atoms with Crippen LogP contribution in [0.4, 0.5) is 10.1 Å².